The molecule has 1 amide bonds. The lowest BCUT2D eigenvalue weighted by Gasteiger charge is -2.17. The van der Waals surface area contributed by atoms with Gasteiger partial charge in [0.05, 0.1) is 0 Å². The molecule has 2 atom stereocenters. The SMILES string of the molecule is Cc1cc(C(=O)NCC2CN(C)CC2c2cccs2)nn1C. The van der Waals surface area contributed by atoms with E-state index < -0.39 is 0 Å². The molecule has 2 aromatic heterocycles. The summed E-state index contributed by atoms with van der Waals surface area (Å²) in [7, 11) is 4.00. The zero-order chi connectivity index (χ0) is 15.7. The molecule has 0 bridgehead atoms. The fourth-order valence-electron chi connectivity index (χ4n) is 3.10. The summed E-state index contributed by atoms with van der Waals surface area (Å²) in [6, 6.07) is 6.13. The lowest BCUT2D eigenvalue weighted by molar-refractivity contribution is 0.0941. The van der Waals surface area contributed by atoms with Crippen molar-refractivity contribution in [1.29, 1.82) is 0 Å². The Morgan fingerprint density at radius 1 is 1.45 bits per heavy atom. The van der Waals surface area contributed by atoms with Gasteiger partial charge >= 0.3 is 0 Å². The lowest BCUT2D eigenvalue weighted by atomic mass is 9.94. The number of rotatable bonds is 4. The largest absolute Gasteiger partial charge is 0.350 e. The standard InChI is InChI=1S/C16H22N4OS/c1-11-7-14(18-20(11)3)16(21)17-8-12-9-19(2)10-13(12)15-5-4-6-22-15/h4-7,12-13H,8-10H2,1-3H3,(H,17,21). The number of likely N-dealkylation sites (tertiary alicyclic amines) is 1. The number of carbonyl (C=O) groups is 1. The molecule has 1 fully saturated rings. The highest BCUT2D eigenvalue weighted by Gasteiger charge is 2.32. The minimum absolute atomic E-state index is 0.0804. The predicted octanol–water partition coefficient (Wildman–Crippen LogP) is 1.87. The second-order valence-electron chi connectivity index (χ2n) is 6.11. The highest BCUT2D eigenvalue weighted by molar-refractivity contribution is 7.10. The van der Waals surface area contributed by atoms with Crippen LogP contribution in [0.1, 0.15) is 27.0 Å². The molecule has 0 aliphatic carbocycles. The van der Waals surface area contributed by atoms with Gasteiger partial charge in [-0.25, -0.2) is 0 Å². The average molecular weight is 318 g/mol. The maximum atomic E-state index is 12.2. The van der Waals surface area contributed by atoms with Crippen molar-refractivity contribution in [3.8, 4) is 0 Å². The Balaban J connectivity index is 1.63. The van der Waals surface area contributed by atoms with Crippen LogP contribution in [0.3, 0.4) is 0 Å². The van der Waals surface area contributed by atoms with Crippen molar-refractivity contribution in [3.05, 3.63) is 39.8 Å². The van der Waals surface area contributed by atoms with Crippen LogP contribution < -0.4 is 5.32 Å². The number of nitrogens with zero attached hydrogens (tertiary/aromatic N) is 3. The number of nitrogens with one attached hydrogen (secondary N) is 1. The van der Waals surface area contributed by atoms with E-state index in [1.54, 1.807) is 16.0 Å². The van der Waals surface area contributed by atoms with Gasteiger partial charge in [-0.15, -0.1) is 11.3 Å². The third-order valence-electron chi connectivity index (χ3n) is 4.40. The summed E-state index contributed by atoms with van der Waals surface area (Å²) in [4.78, 5) is 16.0. The number of hydrogen-bond donors (Lipinski definition) is 1. The van der Waals surface area contributed by atoms with Crippen molar-refractivity contribution in [3.63, 3.8) is 0 Å². The van der Waals surface area contributed by atoms with Crippen molar-refractivity contribution in [2.24, 2.45) is 13.0 Å². The van der Waals surface area contributed by atoms with Gasteiger partial charge in [-0.1, -0.05) is 6.07 Å². The maximum Gasteiger partial charge on any atom is 0.271 e. The van der Waals surface area contributed by atoms with Crippen molar-refractivity contribution in [2.45, 2.75) is 12.8 Å². The molecule has 2 aromatic rings. The van der Waals surface area contributed by atoms with Crippen LogP contribution in [0.4, 0.5) is 0 Å². The lowest BCUT2D eigenvalue weighted by Crippen LogP contribution is -2.32. The van der Waals surface area contributed by atoms with E-state index in [1.165, 1.54) is 4.88 Å². The van der Waals surface area contributed by atoms with E-state index >= 15 is 0 Å². The summed E-state index contributed by atoms with van der Waals surface area (Å²) >= 11 is 1.81. The smallest absolute Gasteiger partial charge is 0.271 e. The summed E-state index contributed by atoms with van der Waals surface area (Å²) < 4.78 is 1.73. The van der Waals surface area contributed by atoms with Crippen LogP contribution in [-0.2, 0) is 7.05 Å². The monoisotopic (exact) mass is 318 g/mol. The molecule has 22 heavy (non-hydrogen) atoms. The highest BCUT2D eigenvalue weighted by atomic mass is 32.1. The third-order valence-corrected chi connectivity index (χ3v) is 5.41. The summed E-state index contributed by atoms with van der Waals surface area (Å²) in [6.45, 7) is 4.72. The topological polar surface area (TPSA) is 50.2 Å². The van der Waals surface area contributed by atoms with E-state index in [0.717, 1.165) is 18.8 Å². The van der Waals surface area contributed by atoms with Crippen molar-refractivity contribution in [2.75, 3.05) is 26.7 Å². The second kappa shape index (κ2) is 6.22. The molecule has 6 heteroatoms. The number of aryl methyl sites for hydroxylation is 2. The molecular formula is C16H22N4OS. The Hall–Kier alpha value is -1.66. The summed E-state index contributed by atoms with van der Waals surface area (Å²) in [5.41, 5.74) is 1.49. The van der Waals surface area contributed by atoms with E-state index in [1.807, 2.05) is 20.0 Å². The van der Waals surface area contributed by atoms with Crippen LogP contribution in [-0.4, -0.2) is 47.3 Å². The quantitative estimate of drug-likeness (QED) is 0.936. The minimum atomic E-state index is -0.0804. The minimum Gasteiger partial charge on any atom is -0.350 e. The Kier molecular flexibility index (Phi) is 4.31. The Bertz CT molecular complexity index is 630. The predicted molar refractivity (Wildman–Crippen MR) is 88.3 cm³/mol. The van der Waals surface area contributed by atoms with Gasteiger partial charge in [0.2, 0.25) is 0 Å². The van der Waals surface area contributed by atoms with Gasteiger partial charge in [0.25, 0.3) is 5.91 Å². The third kappa shape index (κ3) is 3.08. The van der Waals surface area contributed by atoms with Crippen LogP contribution in [0.25, 0.3) is 0 Å². The van der Waals surface area contributed by atoms with Crippen molar-refractivity contribution in [1.82, 2.24) is 20.0 Å². The molecule has 118 valence electrons. The first kappa shape index (κ1) is 15.2. The summed E-state index contributed by atoms with van der Waals surface area (Å²) in [6.07, 6.45) is 0. The molecule has 0 aromatic carbocycles. The van der Waals surface area contributed by atoms with Crippen LogP contribution in [0.5, 0.6) is 0 Å². The van der Waals surface area contributed by atoms with Crippen LogP contribution in [0.15, 0.2) is 23.6 Å². The fraction of sp³-hybridized carbons (Fsp3) is 0.500. The van der Waals surface area contributed by atoms with Gasteiger partial charge in [-0.2, -0.15) is 5.10 Å². The number of thiophene rings is 1. The van der Waals surface area contributed by atoms with Crippen LogP contribution in [0.2, 0.25) is 0 Å². The molecule has 1 aliphatic rings. The second-order valence-corrected chi connectivity index (χ2v) is 7.09. The average Bonchev–Trinajstić information content (AvgIpc) is 3.18. The van der Waals surface area contributed by atoms with Gasteiger partial charge in [-0.3, -0.25) is 9.48 Å². The maximum absolute atomic E-state index is 12.2. The number of aromatic nitrogens is 2. The van der Waals surface area contributed by atoms with E-state index in [0.29, 0.717) is 24.1 Å². The summed E-state index contributed by atoms with van der Waals surface area (Å²) in [5, 5.41) is 9.42. The molecule has 1 N–H and O–H groups in total. The molecule has 5 nitrogen and oxygen atoms in total. The number of likely N-dealkylation sites (N-methyl/N-ethyl adjacent to an activating group) is 1. The first-order chi connectivity index (χ1) is 10.5. The first-order valence-electron chi connectivity index (χ1n) is 7.55. The molecule has 0 spiro atoms. The highest BCUT2D eigenvalue weighted by Crippen LogP contribution is 2.34. The molecule has 0 radical (unpaired) electrons. The van der Waals surface area contributed by atoms with Gasteiger partial charge in [0.15, 0.2) is 0 Å². The van der Waals surface area contributed by atoms with Gasteiger partial charge < -0.3 is 10.2 Å². The number of carbonyl (C=O) groups excluding carboxylic acids is 1. The zero-order valence-electron chi connectivity index (χ0n) is 13.2. The van der Waals surface area contributed by atoms with E-state index in [4.69, 9.17) is 0 Å². The molecule has 1 aliphatic heterocycles. The first-order valence-corrected chi connectivity index (χ1v) is 8.43. The number of hydrogen-bond acceptors (Lipinski definition) is 4. The Labute approximate surface area is 134 Å². The Morgan fingerprint density at radius 3 is 2.91 bits per heavy atom. The van der Waals surface area contributed by atoms with E-state index in [9.17, 15) is 4.79 Å². The van der Waals surface area contributed by atoms with Gasteiger partial charge in [-0.05, 0) is 37.4 Å². The molecule has 3 heterocycles. The van der Waals surface area contributed by atoms with Crippen molar-refractivity contribution < 1.29 is 4.79 Å². The Morgan fingerprint density at radius 2 is 2.27 bits per heavy atom. The van der Waals surface area contributed by atoms with Crippen LogP contribution in [0, 0.1) is 12.8 Å². The van der Waals surface area contributed by atoms with Crippen molar-refractivity contribution >= 4 is 17.2 Å². The van der Waals surface area contributed by atoms with Crippen LogP contribution >= 0.6 is 11.3 Å². The molecule has 1 saturated heterocycles. The molecular weight excluding hydrogens is 296 g/mol. The fourth-order valence-corrected chi connectivity index (χ4v) is 4.02. The van der Waals surface area contributed by atoms with Gasteiger partial charge in [0, 0.05) is 43.2 Å². The van der Waals surface area contributed by atoms with Gasteiger partial charge in [0.1, 0.15) is 5.69 Å². The van der Waals surface area contributed by atoms with E-state index in [-0.39, 0.29) is 5.91 Å². The molecule has 3 rings (SSSR count). The molecule has 0 saturated carbocycles. The number of amides is 1. The van der Waals surface area contributed by atoms with E-state index in [2.05, 4.69) is 39.9 Å². The normalized spacial score (nSPS) is 22.1. The zero-order valence-corrected chi connectivity index (χ0v) is 14.1. The molecule has 2 unspecified atom stereocenters. The summed E-state index contributed by atoms with van der Waals surface area (Å²) in [5.74, 6) is 0.886.